The maximum atomic E-state index is 13.0. The van der Waals surface area contributed by atoms with Crippen LogP contribution >= 0.6 is 24.0 Å². The van der Waals surface area contributed by atoms with Crippen molar-refractivity contribution in [3.05, 3.63) is 66.0 Å². The van der Waals surface area contributed by atoms with Crippen molar-refractivity contribution in [2.24, 2.45) is 10.9 Å². The van der Waals surface area contributed by atoms with Gasteiger partial charge in [-0.25, -0.2) is 4.39 Å². The van der Waals surface area contributed by atoms with Gasteiger partial charge in [-0.3, -0.25) is 4.99 Å². The second-order valence-corrected chi connectivity index (χ2v) is 7.32. The molecule has 2 aromatic carbocycles. The van der Waals surface area contributed by atoms with E-state index in [4.69, 9.17) is 9.47 Å². The van der Waals surface area contributed by atoms with E-state index >= 15 is 0 Å². The van der Waals surface area contributed by atoms with Crippen LogP contribution in [0.15, 0.2) is 59.6 Å². The van der Waals surface area contributed by atoms with E-state index in [0.29, 0.717) is 18.2 Å². The lowest BCUT2D eigenvalue weighted by Crippen LogP contribution is -2.44. The third-order valence-electron chi connectivity index (χ3n) is 5.04. The zero-order chi connectivity index (χ0) is 20.5. The molecule has 2 aromatic rings. The van der Waals surface area contributed by atoms with E-state index in [1.807, 2.05) is 13.0 Å². The predicted molar refractivity (Wildman–Crippen MR) is 129 cm³/mol. The Morgan fingerprint density at radius 3 is 2.60 bits per heavy atom. The summed E-state index contributed by atoms with van der Waals surface area (Å²) in [5.41, 5.74) is 1.23. The van der Waals surface area contributed by atoms with Crippen molar-refractivity contribution in [3.63, 3.8) is 0 Å². The molecule has 164 valence electrons. The number of guanidine groups is 1. The number of benzene rings is 2. The summed E-state index contributed by atoms with van der Waals surface area (Å²) in [5, 5.41) is 6.71. The Morgan fingerprint density at radius 2 is 1.90 bits per heavy atom. The highest BCUT2D eigenvalue weighted by Crippen LogP contribution is 2.33. The summed E-state index contributed by atoms with van der Waals surface area (Å²) in [5.74, 6) is 1.50. The summed E-state index contributed by atoms with van der Waals surface area (Å²) in [6.07, 6.45) is 2.21. The van der Waals surface area contributed by atoms with Crippen LogP contribution in [0.2, 0.25) is 0 Å². The Kier molecular flexibility index (Phi) is 10.4. The van der Waals surface area contributed by atoms with E-state index in [9.17, 15) is 4.39 Å². The summed E-state index contributed by atoms with van der Waals surface area (Å²) < 4.78 is 24.9. The van der Waals surface area contributed by atoms with Crippen molar-refractivity contribution in [1.29, 1.82) is 0 Å². The minimum absolute atomic E-state index is 0. The van der Waals surface area contributed by atoms with Gasteiger partial charge >= 0.3 is 0 Å². The van der Waals surface area contributed by atoms with Gasteiger partial charge in [-0.05, 0) is 49.6 Å². The van der Waals surface area contributed by atoms with Crippen LogP contribution in [-0.2, 0) is 4.74 Å². The van der Waals surface area contributed by atoms with Crippen LogP contribution in [0, 0.1) is 11.7 Å². The van der Waals surface area contributed by atoms with Gasteiger partial charge in [-0.1, -0.05) is 30.3 Å². The van der Waals surface area contributed by atoms with E-state index in [2.05, 4.69) is 39.9 Å². The summed E-state index contributed by atoms with van der Waals surface area (Å²) in [6, 6.07) is 16.4. The first kappa shape index (κ1) is 24.4. The molecule has 0 saturated carbocycles. The molecule has 1 aliphatic heterocycles. The molecule has 1 fully saturated rings. The average molecular weight is 527 g/mol. The molecule has 2 N–H and O–H groups in total. The molecule has 7 heteroatoms. The molecule has 3 atom stereocenters. The topological polar surface area (TPSA) is 54.9 Å². The van der Waals surface area contributed by atoms with E-state index in [0.717, 1.165) is 32.0 Å². The smallest absolute Gasteiger partial charge is 0.191 e. The highest BCUT2D eigenvalue weighted by molar-refractivity contribution is 14.0. The van der Waals surface area contributed by atoms with Crippen LogP contribution in [0.3, 0.4) is 0 Å². The number of hydrogen-bond acceptors (Lipinski definition) is 3. The molecule has 0 radical (unpaired) electrons. The number of rotatable bonds is 7. The minimum Gasteiger partial charge on any atom is -0.489 e. The quantitative estimate of drug-likeness (QED) is 0.316. The van der Waals surface area contributed by atoms with Gasteiger partial charge in [0, 0.05) is 26.1 Å². The van der Waals surface area contributed by atoms with Crippen LogP contribution in [0.25, 0.3) is 0 Å². The van der Waals surface area contributed by atoms with Gasteiger partial charge < -0.3 is 20.1 Å². The Morgan fingerprint density at radius 1 is 1.17 bits per heavy atom. The van der Waals surface area contributed by atoms with E-state index in [1.165, 1.54) is 17.7 Å². The third kappa shape index (κ3) is 7.43. The Hall–Kier alpha value is -1.87. The molecule has 0 amide bonds. The van der Waals surface area contributed by atoms with Crippen molar-refractivity contribution in [2.45, 2.75) is 32.0 Å². The fourth-order valence-corrected chi connectivity index (χ4v) is 3.54. The summed E-state index contributed by atoms with van der Waals surface area (Å²) in [4.78, 5) is 4.31. The van der Waals surface area contributed by atoms with E-state index < -0.39 is 0 Å². The van der Waals surface area contributed by atoms with Gasteiger partial charge in [0.15, 0.2) is 5.96 Å². The monoisotopic (exact) mass is 527 g/mol. The summed E-state index contributed by atoms with van der Waals surface area (Å²) >= 11 is 0. The normalized spacial score (nSPS) is 20.0. The number of halogens is 2. The minimum atomic E-state index is -0.270. The predicted octanol–water partition coefficient (Wildman–Crippen LogP) is 4.54. The zero-order valence-corrected chi connectivity index (χ0v) is 19.8. The molecule has 1 heterocycles. The number of hydrogen-bond donors (Lipinski definition) is 2. The van der Waals surface area contributed by atoms with Crippen molar-refractivity contribution in [3.8, 4) is 5.75 Å². The molecule has 1 aliphatic rings. The molecular weight excluding hydrogens is 496 g/mol. The van der Waals surface area contributed by atoms with Crippen molar-refractivity contribution < 1.29 is 13.9 Å². The molecule has 5 nitrogen and oxygen atoms in total. The molecule has 0 aromatic heterocycles. The zero-order valence-electron chi connectivity index (χ0n) is 17.5. The number of nitrogens with zero attached hydrogens (tertiary/aromatic N) is 1. The van der Waals surface area contributed by atoms with E-state index in [-0.39, 0.29) is 42.0 Å². The van der Waals surface area contributed by atoms with Crippen molar-refractivity contribution in [2.75, 3.05) is 26.7 Å². The fraction of sp³-hybridized carbons (Fsp3) is 0.435. The van der Waals surface area contributed by atoms with Crippen molar-refractivity contribution >= 4 is 29.9 Å². The lowest BCUT2D eigenvalue weighted by molar-refractivity contribution is -0.0265. The molecule has 0 aliphatic carbocycles. The molecule has 3 unspecified atom stereocenters. The first-order valence-corrected chi connectivity index (χ1v) is 10.2. The molecule has 1 saturated heterocycles. The van der Waals surface area contributed by atoms with Gasteiger partial charge in [-0.2, -0.15) is 0 Å². The number of ether oxygens (including phenoxy) is 2. The van der Waals surface area contributed by atoms with E-state index in [1.54, 1.807) is 19.2 Å². The average Bonchev–Trinajstić information content (AvgIpc) is 2.76. The van der Waals surface area contributed by atoms with Gasteiger partial charge in [0.05, 0.1) is 12.6 Å². The van der Waals surface area contributed by atoms with Crippen molar-refractivity contribution in [1.82, 2.24) is 10.6 Å². The molecule has 0 spiro atoms. The number of nitrogens with one attached hydrogen (secondary N) is 2. The molecule has 0 bridgehead atoms. The SMILES string of the molecule is CN=C(NCC(C)Oc1ccc(F)cc1)NCC1CCCOC1c1ccccc1.I. The fourth-order valence-electron chi connectivity index (χ4n) is 3.54. The van der Waals surface area contributed by atoms with Gasteiger partial charge in [0.1, 0.15) is 17.7 Å². The van der Waals surface area contributed by atoms with Crippen LogP contribution in [0.4, 0.5) is 4.39 Å². The Bertz CT molecular complexity index is 774. The molecular formula is C23H31FIN3O2. The lowest BCUT2D eigenvalue weighted by Gasteiger charge is -2.32. The second-order valence-electron chi connectivity index (χ2n) is 7.32. The van der Waals surface area contributed by atoms with Crippen LogP contribution in [-0.4, -0.2) is 38.8 Å². The first-order valence-electron chi connectivity index (χ1n) is 10.2. The standard InChI is InChI=1S/C23H30FN3O2.HI/c1-17(29-21-12-10-20(24)11-13-21)15-26-23(25-2)27-16-19-9-6-14-28-22(19)18-7-4-3-5-8-18;/h3-5,7-8,10-13,17,19,22H,6,9,14-16H2,1-2H3,(H2,25,26,27);1H. The molecule has 3 rings (SSSR count). The van der Waals surface area contributed by atoms with Gasteiger partial charge in [-0.15, -0.1) is 24.0 Å². The van der Waals surface area contributed by atoms with Crippen LogP contribution < -0.4 is 15.4 Å². The number of aliphatic imine (C=N–C) groups is 1. The van der Waals surface area contributed by atoms with Gasteiger partial charge in [0.2, 0.25) is 0 Å². The van der Waals surface area contributed by atoms with Crippen LogP contribution in [0.5, 0.6) is 5.75 Å². The Labute approximate surface area is 195 Å². The summed E-state index contributed by atoms with van der Waals surface area (Å²) in [7, 11) is 1.76. The highest BCUT2D eigenvalue weighted by Gasteiger charge is 2.27. The summed E-state index contributed by atoms with van der Waals surface area (Å²) in [6.45, 7) is 4.14. The molecule has 30 heavy (non-hydrogen) atoms. The maximum absolute atomic E-state index is 13.0. The second kappa shape index (κ2) is 12.7. The maximum Gasteiger partial charge on any atom is 0.191 e. The first-order chi connectivity index (χ1) is 14.2. The Balaban J connectivity index is 0.00000320. The lowest BCUT2D eigenvalue weighted by atomic mass is 9.89. The highest BCUT2D eigenvalue weighted by atomic mass is 127. The largest absolute Gasteiger partial charge is 0.489 e. The van der Waals surface area contributed by atoms with Crippen LogP contribution in [0.1, 0.15) is 31.4 Å². The third-order valence-corrected chi connectivity index (χ3v) is 5.04. The van der Waals surface area contributed by atoms with Gasteiger partial charge in [0.25, 0.3) is 0 Å².